The van der Waals surface area contributed by atoms with Gasteiger partial charge in [0.1, 0.15) is 0 Å². The van der Waals surface area contributed by atoms with Gasteiger partial charge in [-0.1, -0.05) is 6.92 Å². The fourth-order valence-corrected chi connectivity index (χ4v) is 0.699. The molecule has 0 saturated carbocycles. The van der Waals surface area contributed by atoms with Crippen LogP contribution in [0, 0.1) is 5.41 Å². The van der Waals surface area contributed by atoms with E-state index in [1.165, 1.54) is 0 Å². The molecule has 0 spiro atoms. The fraction of sp³-hybridized carbons (Fsp3) is 0.857. The molecule has 0 aliphatic heterocycles. The minimum Gasteiger partial charge on any atom is -0.481 e. The quantitative estimate of drug-likeness (QED) is 0.201. The van der Waals surface area contributed by atoms with Crippen LogP contribution in [0.25, 0.3) is 0 Å². The molecular formula is C14H32O11. The molecule has 0 bridgehead atoms. The van der Waals surface area contributed by atoms with Gasteiger partial charge in [-0.05, 0) is 6.42 Å². The van der Waals surface area contributed by atoms with Crippen LogP contribution in [0.3, 0.4) is 0 Å². The number of hydrogen-bond acceptors (Lipinski definition) is 9. The summed E-state index contributed by atoms with van der Waals surface area (Å²) >= 11 is 0. The van der Waals surface area contributed by atoms with E-state index < -0.39 is 17.4 Å². The first kappa shape index (κ1) is 31.4. The smallest absolute Gasteiger partial charge is 0.303 e. The Morgan fingerprint density at radius 2 is 0.880 bits per heavy atom. The maximum absolute atomic E-state index is 9.64. The number of rotatable bonds is 9. The summed E-state index contributed by atoms with van der Waals surface area (Å²) in [6.07, 6.45) is 0.00116. The molecule has 0 amide bonds. The van der Waals surface area contributed by atoms with Gasteiger partial charge in [-0.2, -0.15) is 0 Å². The van der Waals surface area contributed by atoms with Gasteiger partial charge < -0.3 is 46.0 Å². The Kier molecular flexibility index (Phi) is 31.3. The van der Waals surface area contributed by atoms with Crippen molar-refractivity contribution in [1.82, 2.24) is 0 Å². The molecule has 11 nitrogen and oxygen atoms in total. The van der Waals surface area contributed by atoms with E-state index in [1.54, 1.807) is 0 Å². The molecule has 0 atom stereocenters. The number of carbonyl (C=O) groups is 2. The summed E-state index contributed by atoms with van der Waals surface area (Å²) in [6.45, 7) is 0.853. The Hall–Kier alpha value is -1.34. The molecule has 154 valence electrons. The Morgan fingerprint density at radius 1 is 0.640 bits per heavy atom. The normalized spacial score (nSPS) is 9.44. The fourth-order valence-electron chi connectivity index (χ4n) is 0.699. The molecule has 0 unspecified atom stereocenters. The van der Waals surface area contributed by atoms with Crippen molar-refractivity contribution >= 4 is 11.9 Å². The van der Waals surface area contributed by atoms with Crippen LogP contribution in [0.4, 0.5) is 0 Å². The van der Waals surface area contributed by atoms with Crippen LogP contribution in [0.15, 0.2) is 0 Å². The molecule has 11 heteroatoms. The maximum atomic E-state index is 9.64. The molecule has 0 aromatic heterocycles. The molecule has 0 aliphatic carbocycles. The molecule has 25 heavy (non-hydrogen) atoms. The number of carboxylic acids is 2. The monoisotopic (exact) mass is 376 g/mol. The van der Waals surface area contributed by atoms with E-state index in [9.17, 15) is 9.59 Å². The van der Waals surface area contributed by atoms with E-state index in [1.807, 2.05) is 6.92 Å². The predicted octanol–water partition coefficient (Wildman–Crippen LogP) is -2.76. The summed E-state index contributed by atoms with van der Waals surface area (Å²) in [5.74, 6) is -2.15. The van der Waals surface area contributed by atoms with E-state index >= 15 is 0 Å². The molecule has 0 radical (unpaired) electrons. The molecule has 0 saturated heterocycles. The van der Waals surface area contributed by atoms with Crippen molar-refractivity contribution in [2.45, 2.75) is 26.2 Å². The van der Waals surface area contributed by atoms with Gasteiger partial charge in [0.15, 0.2) is 0 Å². The lowest BCUT2D eigenvalue weighted by molar-refractivity contribution is -0.143. The van der Waals surface area contributed by atoms with Crippen LogP contribution in [0.1, 0.15) is 26.2 Å². The van der Waals surface area contributed by atoms with Crippen LogP contribution in [-0.4, -0.2) is 104 Å². The van der Waals surface area contributed by atoms with Gasteiger partial charge in [-0.15, -0.1) is 0 Å². The Bertz CT molecular complexity index is 240. The average molecular weight is 376 g/mol. The molecule has 0 rings (SSSR count). The van der Waals surface area contributed by atoms with Crippen LogP contribution in [0.5, 0.6) is 0 Å². The molecule has 0 aliphatic rings. The zero-order valence-corrected chi connectivity index (χ0v) is 14.4. The first-order valence-electron chi connectivity index (χ1n) is 7.40. The summed E-state index contributed by atoms with van der Waals surface area (Å²) in [5, 5.41) is 72.3. The standard InChI is InChI=1S/C6H14O3.C4H6O4.2C2H6O2/c1-2-6(3-7,4-8)5-9;5-3(6)1-2-4(7)8;2*3-1-2-4/h7-9H,2-5H2,1H3;1-2H2,(H,5,6)(H,7,8);2*3-4H,1-2H2. The van der Waals surface area contributed by atoms with Gasteiger partial charge in [-0.3, -0.25) is 9.59 Å². The van der Waals surface area contributed by atoms with Gasteiger partial charge in [0.2, 0.25) is 0 Å². The van der Waals surface area contributed by atoms with Gasteiger partial charge in [-0.25, -0.2) is 0 Å². The van der Waals surface area contributed by atoms with Crippen molar-refractivity contribution in [2.24, 2.45) is 5.41 Å². The molecule has 0 heterocycles. The van der Waals surface area contributed by atoms with E-state index in [0.717, 1.165) is 0 Å². The second kappa shape index (κ2) is 24.9. The lowest BCUT2D eigenvalue weighted by atomic mass is 9.88. The van der Waals surface area contributed by atoms with Crippen LogP contribution in [-0.2, 0) is 9.59 Å². The van der Waals surface area contributed by atoms with Gasteiger partial charge in [0, 0.05) is 5.41 Å². The summed E-state index contributed by atoms with van der Waals surface area (Å²) in [6, 6.07) is 0. The van der Waals surface area contributed by atoms with Crippen molar-refractivity contribution in [1.29, 1.82) is 0 Å². The summed E-state index contributed by atoms with van der Waals surface area (Å²) in [7, 11) is 0. The minimum atomic E-state index is -1.08. The van der Waals surface area contributed by atoms with Crippen molar-refractivity contribution in [3.8, 4) is 0 Å². The summed E-state index contributed by atoms with van der Waals surface area (Å²) in [5.41, 5.74) is -0.667. The highest BCUT2D eigenvalue weighted by atomic mass is 16.4. The number of aliphatic hydroxyl groups is 7. The topological polar surface area (TPSA) is 216 Å². The third kappa shape index (κ3) is 31.0. The highest BCUT2D eigenvalue weighted by molar-refractivity contribution is 5.75. The predicted molar refractivity (Wildman–Crippen MR) is 86.8 cm³/mol. The number of aliphatic carboxylic acids is 2. The van der Waals surface area contributed by atoms with Crippen molar-refractivity contribution in [2.75, 3.05) is 46.2 Å². The van der Waals surface area contributed by atoms with Gasteiger partial charge >= 0.3 is 11.9 Å². The third-order valence-corrected chi connectivity index (χ3v) is 2.51. The highest BCUT2D eigenvalue weighted by Crippen LogP contribution is 2.18. The first-order chi connectivity index (χ1) is 11.7. The van der Waals surface area contributed by atoms with Crippen molar-refractivity contribution in [3.05, 3.63) is 0 Å². The van der Waals surface area contributed by atoms with E-state index in [-0.39, 0.29) is 59.1 Å². The van der Waals surface area contributed by atoms with E-state index in [2.05, 4.69) is 0 Å². The second-order valence-electron chi connectivity index (χ2n) is 4.51. The minimum absolute atomic E-state index is 0.125. The Labute approximate surface area is 146 Å². The van der Waals surface area contributed by atoms with Gasteiger partial charge in [0.05, 0.1) is 59.1 Å². The largest absolute Gasteiger partial charge is 0.481 e. The molecule has 0 fully saturated rings. The Balaban J connectivity index is -0.000000126. The number of carboxylic acid groups (broad SMARTS) is 2. The number of aliphatic hydroxyl groups excluding tert-OH is 7. The van der Waals surface area contributed by atoms with Crippen molar-refractivity contribution < 1.29 is 55.5 Å². The lowest BCUT2D eigenvalue weighted by Gasteiger charge is -2.24. The first-order valence-corrected chi connectivity index (χ1v) is 7.40. The lowest BCUT2D eigenvalue weighted by Crippen LogP contribution is -2.32. The van der Waals surface area contributed by atoms with E-state index in [0.29, 0.717) is 6.42 Å². The van der Waals surface area contributed by atoms with Crippen molar-refractivity contribution in [3.63, 3.8) is 0 Å². The SMILES string of the molecule is CCC(CO)(CO)CO.O=C(O)CCC(=O)O.OCCO.OCCO. The maximum Gasteiger partial charge on any atom is 0.303 e. The van der Waals surface area contributed by atoms with Crippen LogP contribution in [0.2, 0.25) is 0 Å². The second-order valence-corrected chi connectivity index (χ2v) is 4.51. The Morgan fingerprint density at radius 3 is 0.920 bits per heavy atom. The van der Waals surface area contributed by atoms with Crippen LogP contribution < -0.4 is 0 Å². The zero-order chi connectivity index (χ0) is 20.7. The highest BCUT2D eigenvalue weighted by Gasteiger charge is 2.24. The zero-order valence-electron chi connectivity index (χ0n) is 14.4. The molecular weight excluding hydrogens is 344 g/mol. The molecule has 0 aromatic carbocycles. The average Bonchev–Trinajstić information content (AvgIpc) is 2.63. The number of hydrogen-bond donors (Lipinski definition) is 9. The summed E-state index contributed by atoms with van der Waals surface area (Å²) < 4.78 is 0. The molecule has 0 aromatic rings. The van der Waals surface area contributed by atoms with Gasteiger partial charge in [0.25, 0.3) is 0 Å². The summed E-state index contributed by atoms with van der Waals surface area (Å²) in [4.78, 5) is 19.3. The van der Waals surface area contributed by atoms with E-state index in [4.69, 9.17) is 46.0 Å². The molecule has 9 N–H and O–H groups in total. The third-order valence-electron chi connectivity index (χ3n) is 2.51. The van der Waals surface area contributed by atoms with Crippen LogP contribution >= 0.6 is 0 Å².